The van der Waals surface area contributed by atoms with Crippen molar-refractivity contribution in [1.29, 1.82) is 0 Å². The number of methoxy groups -OCH3 is 1. The fraction of sp³-hybridized carbons (Fsp3) is 0.533. The number of nitrogens with one attached hydrogen (secondary N) is 1. The molecule has 2 rings (SSSR count). The van der Waals surface area contributed by atoms with E-state index in [2.05, 4.69) is 50.5 Å². The van der Waals surface area contributed by atoms with Crippen LogP contribution < -0.4 is 11.3 Å². The molecule has 0 bridgehead atoms. The smallest absolute Gasteiger partial charge is 0.208 e. The first-order chi connectivity index (χ1) is 10.3. The molecule has 3 N–H and O–H groups in total. The Balaban J connectivity index is 1.80. The molecule has 0 amide bonds. The number of hydrogen-bond acceptors (Lipinski definition) is 4. The van der Waals surface area contributed by atoms with Gasteiger partial charge >= 0.3 is 0 Å². The Hall–Kier alpha value is -1.63. The van der Waals surface area contributed by atoms with Gasteiger partial charge < -0.3 is 9.64 Å². The molecule has 6 heteroatoms. The van der Waals surface area contributed by atoms with E-state index in [0.717, 1.165) is 38.7 Å². The first kappa shape index (κ1) is 15.8. The molecule has 0 saturated carbocycles. The fourth-order valence-electron chi connectivity index (χ4n) is 2.44. The van der Waals surface area contributed by atoms with Crippen LogP contribution in [0, 0.1) is 0 Å². The van der Waals surface area contributed by atoms with Crippen molar-refractivity contribution in [2.45, 2.75) is 6.54 Å². The highest BCUT2D eigenvalue weighted by molar-refractivity contribution is 5.79. The van der Waals surface area contributed by atoms with E-state index in [0.29, 0.717) is 13.2 Å². The van der Waals surface area contributed by atoms with E-state index in [-0.39, 0.29) is 0 Å². The molecule has 1 saturated heterocycles. The summed E-state index contributed by atoms with van der Waals surface area (Å²) in [5, 5.41) is 0. The molecule has 0 aromatic heterocycles. The molecular formula is C15H25N5O. The normalized spacial score (nSPS) is 17.0. The zero-order valence-electron chi connectivity index (χ0n) is 12.7. The van der Waals surface area contributed by atoms with Crippen LogP contribution in [0.4, 0.5) is 0 Å². The number of benzene rings is 1. The predicted octanol–water partition coefficient (Wildman–Crippen LogP) is 0.270. The maximum atomic E-state index is 5.57. The van der Waals surface area contributed by atoms with E-state index >= 15 is 0 Å². The Kier molecular flexibility index (Phi) is 6.46. The second-order valence-electron chi connectivity index (χ2n) is 5.09. The van der Waals surface area contributed by atoms with Crippen LogP contribution in [0.2, 0.25) is 0 Å². The van der Waals surface area contributed by atoms with E-state index in [1.165, 1.54) is 5.56 Å². The Bertz CT molecular complexity index is 429. The minimum Gasteiger partial charge on any atom is -0.383 e. The van der Waals surface area contributed by atoms with E-state index in [1.807, 2.05) is 0 Å². The Morgan fingerprint density at radius 3 is 2.57 bits per heavy atom. The molecule has 1 aromatic carbocycles. The summed E-state index contributed by atoms with van der Waals surface area (Å²) >= 11 is 0. The van der Waals surface area contributed by atoms with Gasteiger partial charge in [-0.25, -0.2) is 10.8 Å². The summed E-state index contributed by atoms with van der Waals surface area (Å²) < 4.78 is 5.01. The van der Waals surface area contributed by atoms with Gasteiger partial charge in [0.1, 0.15) is 0 Å². The van der Waals surface area contributed by atoms with E-state index in [4.69, 9.17) is 10.6 Å². The van der Waals surface area contributed by atoms with Gasteiger partial charge in [-0.15, -0.1) is 0 Å². The van der Waals surface area contributed by atoms with Crippen LogP contribution in [-0.4, -0.2) is 62.2 Å². The van der Waals surface area contributed by atoms with Crippen molar-refractivity contribution in [3.63, 3.8) is 0 Å². The highest BCUT2D eigenvalue weighted by atomic mass is 16.5. The monoisotopic (exact) mass is 291 g/mol. The molecule has 1 heterocycles. The minimum atomic E-state index is 0.610. The lowest BCUT2D eigenvalue weighted by Gasteiger charge is -2.36. The van der Waals surface area contributed by atoms with Gasteiger partial charge in [-0.1, -0.05) is 30.3 Å². The number of ether oxygens (including phenoxy) is 1. The van der Waals surface area contributed by atoms with Crippen LogP contribution in [-0.2, 0) is 11.3 Å². The van der Waals surface area contributed by atoms with Gasteiger partial charge in [-0.2, -0.15) is 0 Å². The van der Waals surface area contributed by atoms with Crippen molar-refractivity contribution in [1.82, 2.24) is 15.2 Å². The number of hydrazine groups is 1. The van der Waals surface area contributed by atoms with Gasteiger partial charge in [-0.05, 0) is 5.56 Å². The summed E-state index contributed by atoms with van der Waals surface area (Å²) in [7, 11) is 1.67. The number of rotatable bonds is 5. The van der Waals surface area contributed by atoms with Crippen LogP contribution >= 0.6 is 0 Å². The number of guanidine groups is 1. The summed E-state index contributed by atoms with van der Waals surface area (Å²) in [6.07, 6.45) is 0. The van der Waals surface area contributed by atoms with Crippen LogP contribution in [0.3, 0.4) is 0 Å². The highest BCUT2D eigenvalue weighted by Crippen LogP contribution is 2.08. The van der Waals surface area contributed by atoms with Gasteiger partial charge in [-0.3, -0.25) is 10.3 Å². The third-order valence-electron chi connectivity index (χ3n) is 3.61. The van der Waals surface area contributed by atoms with Gasteiger partial charge in [0.25, 0.3) is 0 Å². The second kappa shape index (κ2) is 8.61. The van der Waals surface area contributed by atoms with E-state index in [9.17, 15) is 0 Å². The largest absolute Gasteiger partial charge is 0.383 e. The zero-order valence-corrected chi connectivity index (χ0v) is 12.7. The highest BCUT2D eigenvalue weighted by Gasteiger charge is 2.19. The molecule has 1 aromatic rings. The molecule has 0 unspecified atom stereocenters. The Morgan fingerprint density at radius 2 is 1.95 bits per heavy atom. The molecule has 6 nitrogen and oxygen atoms in total. The first-order valence-electron chi connectivity index (χ1n) is 7.34. The molecule has 0 spiro atoms. The second-order valence-corrected chi connectivity index (χ2v) is 5.09. The SMILES string of the molecule is COCCN=C(NN)N1CCN(Cc2ccccc2)CC1. The van der Waals surface area contributed by atoms with Crippen molar-refractivity contribution < 1.29 is 4.74 Å². The van der Waals surface area contributed by atoms with Crippen molar-refractivity contribution >= 4 is 5.96 Å². The maximum absolute atomic E-state index is 5.57. The number of piperazine rings is 1. The molecule has 21 heavy (non-hydrogen) atoms. The molecule has 0 radical (unpaired) electrons. The molecule has 116 valence electrons. The molecule has 0 aliphatic carbocycles. The summed E-state index contributed by atoms with van der Waals surface area (Å²) in [5.41, 5.74) is 4.06. The van der Waals surface area contributed by atoms with E-state index in [1.54, 1.807) is 7.11 Å². The van der Waals surface area contributed by atoms with Crippen molar-refractivity contribution in [3.05, 3.63) is 35.9 Å². The summed E-state index contributed by atoms with van der Waals surface area (Å²) in [5.74, 6) is 6.32. The van der Waals surface area contributed by atoms with Crippen LogP contribution in [0.15, 0.2) is 35.3 Å². The third kappa shape index (κ3) is 5.00. The third-order valence-corrected chi connectivity index (χ3v) is 3.61. The Morgan fingerprint density at radius 1 is 1.24 bits per heavy atom. The molecular weight excluding hydrogens is 266 g/mol. The predicted molar refractivity (Wildman–Crippen MR) is 84.8 cm³/mol. The number of hydrogen-bond donors (Lipinski definition) is 2. The first-order valence-corrected chi connectivity index (χ1v) is 7.34. The number of aliphatic imine (C=N–C) groups is 1. The summed E-state index contributed by atoms with van der Waals surface area (Å²) in [6, 6.07) is 10.6. The topological polar surface area (TPSA) is 66.1 Å². The summed E-state index contributed by atoms with van der Waals surface area (Å²) in [4.78, 5) is 9.07. The molecule has 0 atom stereocenters. The number of nitrogens with zero attached hydrogens (tertiary/aromatic N) is 3. The molecule has 1 aliphatic heterocycles. The van der Waals surface area contributed by atoms with Crippen LogP contribution in [0.5, 0.6) is 0 Å². The molecule has 1 aliphatic rings. The van der Waals surface area contributed by atoms with Gasteiger partial charge in [0.15, 0.2) is 0 Å². The minimum absolute atomic E-state index is 0.610. The van der Waals surface area contributed by atoms with Crippen molar-refractivity contribution in [2.75, 3.05) is 46.4 Å². The lowest BCUT2D eigenvalue weighted by atomic mass is 10.2. The average molecular weight is 291 g/mol. The number of nitrogens with two attached hydrogens (primary N) is 1. The lowest BCUT2D eigenvalue weighted by Crippen LogP contribution is -2.53. The Labute approximate surface area is 126 Å². The van der Waals surface area contributed by atoms with Gasteiger partial charge in [0.2, 0.25) is 5.96 Å². The standard InChI is InChI=1S/C15H25N5O/c1-21-12-7-17-15(18-16)20-10-8-19(9-11-20)13-14-5-3-2-4-6-14/h2-6H,7-13,16H2,1H3,(H,17,18). The van der Waals surface area contributed by atoms with Crippen molar-refractivity contribution in [3.8, 4) is 0 Å². The molecule has 1 fully saturated rings. The quantitative estimate of drug-likeness (QED) is 0.268. The lowest BCUT2D eigenvalue weighted by molar-refractivity contribution is 0.171. The van der Waals surface area contributed by atoms with Crippen LogP contribution in [0.25, 0.3) is 0 Å². The van der Waals surface area contributed by atoms with Gasteiger partial charge in [0.05, 0.1) is 13.2 Å². The summed E-state index contributed by atoms with van der Waals surface area (Å²) in [6.45, 7) is 6.13. The fourth-order valence-corrected chi connectivity index (χ4v) is 2.44. The van der Waals surface area contributed by atoms with Crippen LogP contribution in [0.1, 0.15) is 5.56 Å². The zero-order chi connectivity index (χ0) is 14.9. The van der Waals surface area contributed by atoms with Gasteiger partial charge in [0, 0.05) is 39.8 Å². The van der Waals surface area contributed by atoms with Crippen molar-refractivity contribution in [2.24, 2.45) is 10.8 Å². The average Bonchev–Trinajstić information content (AvgIpc) is 2.54. The van der Waals surface area contributed by atoms with E-state index < -0.39 is 0 Å². The maximum Gasteiger partial charge on any atom is 0.208 e.